The van der Waals surface area contributed by atoms with Gasteiger partial charge in [0.1, 0.15) is 12.9 Å². The van der Waals surface area contributed by atoms with E-state index in [0.29, 0.717) is 6.29 Å². The highest BCUT2D eigenvalue weighted by atomic mass is 16.6. The first kappa shape index (κ1) is 10.7. The van der Waals surface area contributed by atoms with E-state index in [4.69, 9.17) is 11.2 Å². The molecule has 0 fully saturated rings. The van der Waals surface area contributed by atoms with Crippen LogP contribution < -0.4 is 4.74 Å². The molecule has 0 spiro atoms. The van der Waals surface area contributed by atoms with E-state index in [9.17, 15) is 14.9 Å². The third-order valence-electron chi connectivity index (χ3n) is 1.63. The van der Waals surface area contributed by atoms with Crippen molar-refractivity contribution in [2.24, 2.45) is 0 Å². The van der Waals surface area contributed by atoms with Crippen LogP contribution >= 0.6 is 0 Å². The second-order valence-electron chi connectivity index (χ2n) is 2.59. The molecule has 0 unspecified atom stereocenters. The molecule has 0 N–H and O–H groups in total. The van der Waals surface area contributed by atoms with Gasteiger partial charge in [0.25, 0.3) is 0 Å². The van der Waals surface area contributed by atoms with Crippen molar-refractivity contribution in [1.29, 1.82) is 0 Å². The van der Waals surface area contributed by atoms with Gasteiger partial charge >= 0.3 is 5.69 Å². The molecule has 1 aromatic rings. The average Bonchev–Trinajstić information content (AvgIpc) is 2.26. The Morgan fingerprint density at radius 2 is 2.33 bits per heavy atom. The summed E-state index contributed by atoms with van der Waals surface area (Å²) in [5.74, 6) is 2.26. The number of rotatable bonds is 4. The standard InChI is InChI=1S/C10H7NO4/c1-2-5-15-10-4-3-8(7-12)6-9(10)11(13)14/h1,3-4,6-7H,5H2. The lowest BCUT2D eigenvalue weighted by Crippen LogP contribution is -1.99. The Hall–Kier alpha value is -2.35. The lowest BCUT2D eigenvalue weighted by Gasteiger charge is -2.03. The monoisotopic (exact) mass is 205 g/mol. The molecule has 0 aliphatic carbocycles. The minimum atomic E-state index is -0.626. The van der Waals surface area contributed by atoms with Crippen LogP contribution in [0.15, 0.2) is 18.2 Å². The Morgan fingerprint density at radius 1 is 1.60 bits per heavy atom. The minimum Gasteiger partial charge on any atom is -0.474 e. The molecule has 0 saturated heterocycles. The number of hydrogen-bond acceptors (Lipinski definition) is 4. The zero-order valence-corrected chi connectivity index (χ0v) is 7.67. The molecule has 0 aliphatic heterocycles. The summed E-state index contributed by atoms with van der Waals surface area (Å²) >= 11 is 0. The molecular weight excluding hydrogens is 198 g/mol. The van der Waals surface area contributed by atoms with Gasteiger partial charge in [-0.25, -0.2) is 0 Å². The van der Waals surface area contributed by atoms with E-state index in [-0.39, 0.29) is 23.6 Å². The Morgan fingerprint density at radius 3 is 2.87 bits per heavy atom. The topological polar surface area (TPSA) is 69.4 Å². The first-order valence-electron chi connectivity index (χ1n) is 3.99. The summed E-state index contributed by atoms with van der Waals surface area (Å²) in [6, 6.07) is 3.91. The molecule has 5 nitrogen and oxygen atoms in total. The molecule has 0 aromatic heterocycles. The van der Waals surface area contributed by atoms with Crippen LogP contribution in [0.5, 0.6) is 5.75 Å². The zero-order valence-electron chi connectivity index (χ0n) is 7.67. The lowest BCUT2D eigenvalue weighted by atomic mass is 10.2. The van der Waals surface area contributed by atoms with Crippen LogP contribution in [0.2, 0.25) is 0 Å². The Labute approximate surface area is 85.8 Å². The number of nitro groups is 1. The lowest BCUT2D eigenvalue weighted by molar-refractivity contribution is -0.385. The number of nitrogens with zero attached hydrogens (tertiary/aromatic N) is 1. The van der Waals surface area contributed by atoms with Crippen molar-refractivity contribution in [3.63, 3.8) is 0 Å². The van der Waals surface area contributed by atoms with Crippen molar-refractivity contribution >= 4 is 12.0 Å². The molecule has 76 valence electrons. The Balaban J connectivity index is 3.10. The van der Waals surface area contributed by atoms with E-state index in [2.05, 4.69) is 5.92 Å². The van der Waals surface area contributed by atoms with Crippen molar-refractivity contribution in [3.05, 3.63) is 33.9 Å². The second kappa shape index (κ2) is 4.77. The fourth-order valence-electron chi connectivity index (χ4n) is 0.992. The molecule has 0 bridgehead atoms. The summed E-state index contributed by atoms with van der Waals surface area (Å²) in [5.41, 5.74) is -0.0513. The molecule has 0 atom stereocenters. The molecule has 0 saturated carbocycles. The van der Waals surface area contributed by atoms with E-state index in [1.165, 1.54) is 12.1 Å². The number of carbonyl (C=O) groups is 1. The van der Waals surface area contributed by atoms with Crippen LogP contribution in [-0.2, 0) is 0 Å². The summed E-state index contributed by atoms with van der Waals surface area (Å²) in [6.45, 7) is -0.0543. The summed E-state index contributed by atoms with van der Waals surface area (Å²) in [7, 11) is 0. The third-order valence-corrected chi connectivity index (χ3v) is 1.63. The number of nitro benzene ring substituents is 1. The van der Waals surface area contributed by atoms with Crippen LogP contribution in [0.1, 0.15) is 10.4 Å². The summed E-state index contributed by atoms with van der Waals surface area (Å²) in [4.78, 5) is 20.4. The van der Waals surface area contributed by atoms with Crippen molar-refractivity contribution in [1.82, 2.24) is 0 Å². The Bertz CT molecular complexity index is 434. The van der Waals surface area contributed by atoms with Gasteiger partial charge in [0.2, 0.25) is 0 Å². The fourth-order valence-corrected chi connectivity index (χ4v) is 0.992. The maximum atomic E-state index is 10.6. The first-order chi connectivity index (χ1) is 7.19. The summed E-state index contributed by atoms with van der Waals surface area (Å²) < 4.78 is 4.95. The van der Waals surface area contributed by atoms with Crippen LogP contribution in [0, 0.1) is 22.5 Å². The van der Waals surface area contributed by atoms with Gasteiger partial charge in [-0.2, -0.15) is 0 Å². The molecule has 1 aromatic carbocycles. The highest BCUT2D eigenvalue weighted by Gasteiger charge is 2.15. The second-order valence-corrected chi connectivity index (χ2v) is 2.59. The number of ether oxygens (including phenoxy) is 1. The summed E-state index contributed by atoms with van der Waals surface area (Å²) in [5, 5.41) is 10.6. The first-order valence-corrected chi connectivity index (χ1v) is 3.99. The number of carbonyl (C=O) groups excluding carboxylic acids is 1. The molecule has 0 heterocycles. The summed E-state index contributed by atoms with van der Waals surface area (Å²) in [6.07, 6.45) is 5.48. The van der Waals surface area contributed by atoms with Crippen LogP contribution in [0.3, 0.4) is 0 Å². The van der Waals surface area contributed by atoms with Crippen LogP contribution in [-0.4, -0.2) is 17.8 Å². The highest BCUT2D eigenvalue weighted by Crippen LogP contribution is 2.27. The smallest absolute Gasteiger partial charge is 0.311 e. The number of hydrogen-bond donors (Lipinski definition) is 0. The normalized spacial score (nSPS) is 9.00. The SMILES string of the molecule is C#CCOc1ccc(C=O)cc1[N+](=O)[O-]. The quantitative estimate of drug-likeness (QED) is 0.322. The molecule has 0 radical (unpaired) electrons. The van der Waals surface area contributed by atoms with Crippen molar-refractivity contribution in [2.45, 2.75) is 0 Å². The van der Waals surface area contributed by atoms with Gasteiger partial charge in [-0.15, -0.1) is 6.42 Å². The van der Waals surface area contributed by atoms with Gasteiger partial charge in [0, 0.05) is 11.6 Å². The molecule has 1 rings (SSSR count). The Kier molecular flexibility index (Phi) is 3.41. The predicted octanol–water partition coefficient (Wildman–Crippen LogP) is 1.42. The number of benzene rings is 1. The van der Waals surface area contributed by atoms with E-state index >= 15 is 0 Å². The molecule has 5 heteroatoms. The highest BCUT2D eigenvalue weighted by molar-refractivity contribution is 5.77. The van der Waals surface area contributed by atoms with E-state index < -0.39 is 4.92 Å². The molecule has 0 aliphatic rings. The third kappa shape index (κ3) is 2.54. The van der Waals surface area contributed by atoms with Gasteiger partial charge < -0.3 is 4.74 Å². The van der Waals surface area contributed by atoms with Crippen molar-refractivity contribution in [3.8, 4) is 18.1 Å². The zero-order chi connectivity index (χ0) is 11.3. The maximum Gasteiger partial charge on any atom is 0.311 e. The number of aldehydes is 1. The van der Waals surface area contributed by atoms with Crippen molar-refractivity contribution in [2.75, 3.05) is 6.61 Å². The minimum absolute atomic E-state index is 0.0543. The van der Waals surface area contributed by atoms with Crippen LogP contribution in [0.4, 0.5) is 5.69 Å². The van der Waals surface area contributed by atoms with Gasteiger partial charge in [-0.05, 0) is 12.1 Å². The van der Waals surface area contributed by atoms with Crippen molar-refractivity contribution < 1.29 is 14.5 Å². The van der Waals surface area contributed by atoms with E-state index in [1.807, 2.05) is 0 Å². The molecule has 15 heavy (non-hydrogen) atoms. The molecule has 0 amide bonds. The van der Waals surface area contributed by atoms with Gasteiger partial charge in [-0.1, -0.05) is 5.92 Å². The number of terminal acetylenes is 1. The van der Waals surface area contributed by atoms with Gasteiger partial charge in [-0.3, -0.25) is 14.9 Å². The predicted molar refractivity (Wildman–Crippen MR) is 52.8 cm³/mol. The van der Waals surface area contributed by atoms with Gasteiger partial charge in [0.05, 0.1) is 4.92 Å². The van der Waals surface area contributed by atoms with E-state index in [0.717, 1.165) is 6.07 Å². The molecular formula is C10H7NO4. The van der Waals surface area contributed by atoms with E-state index in [1.54, 1.807) is 0 Å². The largest absolute Gasteiger partial charge is 0.474 e. The maximum absolute atomic E-state index is 10.6. The van der Waals surface area contributed by atoms with Gasteiger partial charge in [0.15, 0.2) is 5.75 Å². The fraction of sp³-hybridized carbons (Fsp3) is 0.100. The average molecular weight is 205 g/mol. The van der Waals surface area contributed by atoms with Crippen LogP contribution in [0.25, 0.3) is 0 Å².